The van der Waals surface area contributed by atoms with Crippen LogP contribution in [0.4, 0.5) is 0 Å². The van der Waals surface area contributed by atoms with Crippen LogP contribution in [-0.4, -0.2) is 52.0 Å². The number of nitrogens with one attached hydrogen (secondary N) is 1. The quantitative estimate of drug-likeness (QED) is 0.674. The summed E-state index contributed by atoms with van der Waals surface area (Å²) in [7, 11) is -1.76. The molecule has 1 amide bonds. The van der Waals surface area contributed by atoms with E-state index in [2.05, 4.69) is 5.32 Å². The summed E-state index contributed by atoms with van der Waals surface area (Å²) in [5.74, 6) is 0.535. The number of carbonyl (C=O) groups is 1. The van der Waals surface area contributed by atoms with Crippen LogP contribution in [0.5, 0.6) is 5.75 Å². The van der Waals surface area contributed by atoms with Crippen molar-refractivity contribution in [2.45, 2.75) is 32.1 Å². The van der Waals surface area contributed by atoms with E-state index in [1.54, 1.807) is 31.4 Å². The van der Waals surface area contributed by atoms with Crippen LogP contribution < -0.4 is 10.1 Å². The summed E-state index contributed by atoms with van der Waals surface area (Å²) < 4.78 is 37.1. The van der Waals surface area contributed by atoms with Gasteiger partial charge in [0.25, 0.3) is 5.91 Å². The molecule has 0 spiro atoms. The largest absolute Gasteiger partial charge is 0.496 e. The van der Waals surface area contributed by atoms with Crippen molar-refractivity contribution in [1.29, 1.82) is 0 Å². The lowest BCUT2D eigenvalue weighted by molar-refractivity contribution is 0.0729. The Morgan fingerprint density at radius 1 is 1.16 bits per heavy atom. The third kappa shape index (κ3) is 5.84. The third-order valence-electron chi connectivity index (χ3n) is 5.46. The molecular formula is C23H30N2O5S. The van der Waals surface area contributed by atoms with E-state index in [0.29, 0.717) is 37.4 Å². The van der Waals surface area contributed by atoms with Crippen molar-refractivity contribution in [3.05, 3.63) is 64.7 Å². The average molecular weight is 447 g/mol. The van der Waals surface area contributed by atoms with Crippen LogP contribution in [0.25, 0.3) is 0 Å². The minimum Gasteiger partial charge on any atom is -0.496 e. The van der Waals surface area contributed by atoms with Gasteiger partial charge in [0, 0.05) is 18.7 Å². The SMILES string of the molecule is CC[C@@H](NC(=O)c1ccc(CS(=O)(=O)N2CCOCC2)cc1)c1ccc(OC)c(C)c1. The van der Waals surface area contributed by atoms with E-state index in [1.807, 2.05) is 32.0 Å². The summed E-state index contributed by atoms with van der Waals surface area (Å²) in [5.41, 5.74) is 3.18. The lowest BCUT2D eigenvalue weighted by Gasteiger charge is -2.26. The van der Waals surface area contributed by atoms with Crippen molar-refractivity contribution in [2.24, 2.45) is 0 Å². The number of amides is 1. The molecule has 168 valence electrons. The van der Waals surface area contributed by atoms with Crippen LogP contribution in [-0.2, 0) is 20.5 Å². The highest BCUT2D eigenvalue weighted by molar-refractivity contribution is 7.88. The second-order valence-electron chi connectivity index (χ2n) is 7.63. The predicted molar refractivity (Wildman–Crippen MR) is 120 cm³/mol. The van der Waals surface area contributed by atoms with Crippen LogP contribution in [0.2, 0.25) is 0 Å². The van der Waals surface area contributed by atoms with Gasteiger partial charge in [0.2, 0.25) is 10.0 Å². The van der Waals surface area contributed by atoms with Gasteiger partial charge < -0.3 is 14.8 Å². The molecule has 1 saturated heterocycles. The van der Waals surface area contributed by atoms with Gasteiger partial charge in [0.15, 0.2) is 0 Å². The van der Waals surface area contributed by atoms with E-state index in [0.717, 1.165) is 23.3 Å². The van der Waals surface area contributed by atoms with Crippen LogP contribution in [0.3, 0.4) is 0 Å². The highest BCUT2D eigenvalue weighted by Crippen LogP contribution is 2.24. The average Bonchev–Trinajstić information content (AvgIpc) is 2.78. The maximum atomic E-state index is 12.8. The first-order valence-corrected chi connectivity index (χ1v) is 12.0. The van der Waals surface area contributed by atoms with E-state index < -0.39 is 10.0 Å². The molecule has 2 aromatic rings. The summed E-state index contributed by atoms with van der Waals surface area (Å²) in [6, 6.07) is 12.5. The molecule has 1 aliphatic rings. The number of benzene rings is 2. The summed E-state index contributed by atoms with van der Waals surface area (Å²) in [4.78, 5) is 12.8. The molecule has 0 unspecified atom stereocenters. The van der Waals surface area contributed by atoms with E-state index in [-0.39, 0.29) is 17.7 Å². The Morgan fingerprint density at radius 2 is 1.84 bits per heavy atom. The number of ether oxygens (including phenoxy) is 2. The van der Waals surface area contributed by atoms with Gasteiger partial charge in [-0.25, -0.2) is 8.42 Å². The Hall–Kier alpha value is -2.42. The number of aryl methyl sites for hydroxylation is 1. The first-order chi connectivity index (χ1) is 14.8. The molecule has 1 N–H and O–H groups in total. The number of hydrogen-bond donors (Lipinski definition) is 1. The summed E-state index contributed by atoms with van der Waals surface area (Å²) in [6.45, 7) is 5.60. The van der Waals surface area contributed by atoms with Crippen molar-refractivity contribution >= 4 is 15.9 Å². The van der Waals surface area contributed by atoms with Crippen molar-refractivity contribution < 1.29 is 22.7 Å². The predicted octanol–water partition coefficient (Wildman–Crippen LogP) is 3.05. The molecule has 0 aliphatic carbocycles. The van der Waals surface area contributed by atoms with E-state index >= 15 is 0 Å². The Morgan fingerprint density at radius 3 is 2.42 bits per heavy atom. The number of nitrogens with zero attached hydrogens (tertiary/aromatic N) is 1. The maximum Gasteiger partial charge on any atom is 0.251 e. The Kier molecular flexibility index (Phi) is 7.69. The third-order valence-corrected chi connectivity index (χ3v) is 7.31. The lowest BCUT2D eigenvalue weighted by Crippen LogP contribution is -2.41. The molecule has 0 aromatic heterocycles. The van der Waals surface area contributed by atoms with E-state index in [4.69, 9.17) is 9.47 Å². The first-order valence-electron chi connectivity index (χ1n) is 10.4. The van der Waals surface area contributed by atoms with Crippen LogP contribution >= 0.6 is 0 Å². The van der Waals surface area contributed by atoms with Crippen LogP contribution in [0.1, 0.15) is 46.4 Å². The van der Waals surface area contributed by atoms with Crippen molar-refractivity contribution in [3.63, 3.8) is 0 Å². The molecule has 3 rings (SSSR count). The van der Waals surface area contributed by atoms with Gasteiger partial charge in [-0.3, -0.25) is 4.79 Å². The number of hydrogen-bond acceptors (Lipinski definition) is 5. The van der Waals surface area contributed by atoms with Gasteiger partial charge in [-0.15, -0.1) is 0 Å². The number of carbonyl (C=O) groups excluding carboxylic acids is 1. The van der Waals surface area contributed by atoms with Gasteiger partial charge >= 0.3 is 0 Å². The molecule has 1 fully saturated rings. The van der Waals surface area contributed by atoms with Crippen LogP contribution in [0.15, 0.2) is 42.5 Å². The highest BCUT2D eigenvalue weighted by atomic mass is 32.2. The molecule has 31 heavy (non-hydrogen) atoms. The smallest absolute Gasteiger partial charge is 0.251 e. The molecule has 0 bridgehead atoms. The highest BCUT2D eigenvalue weighted by Gasteiger charge is 2.24. The molecule has 1 aliphatic heterocycles. The second kappa shape index (κ2) is 10.3. The van der Waals surface area contributed by atoms with Gasteiger partial charge in [0.05, 0.1) is 32.1 Å². The lowest BCUT2D eigenvalue weighted by atomic mass is 10.0. The zero-order valence-electron chi connectivity index (χ0n) is 18.3. The summed E-state index contributed by atoms with van der Waals surface area (Å²) in [5, 5.41) is 3.06. The second-order valence-corrected chi connectivity index (χ2v) is 9.60. The van der Waals surface area contributed by atoms with Gasteiger partial charge in [-0.2, -0.15) is 4.31 Å². The molecule has 8 heteroatoms. The fourth-order valence-corrected chi connectivity index (χ4v) is 5.16. The van der Waals surface area contributed by atoms with Gasteiger partial charge in [0.1, 0.15) is 5.75 Å². The van der Waals surface area contributed by atoms with Crippen molar-refractivity contribution in [1.82, 2.24) is 9.62 Å². The Bertz CT molecular complexity index is 999. The summed E-state index contributed by atoms with van der Waals surface area (Å²) in [6.07, 6.45) is 0.743. The number of methoxy groups -OCH3 is 1. The van der Waals surface area contributed by atoms with Crippen LogP contribution in [0, 0.1) is 6.92 Å². The normalized spacial score (nSPS) is 16.0. The molecular weight excluding hydrogens is 416 g/mol. The minimum absolute atomic E-state index is 0.0857. The monoisotopic (exact) mass is 446 g/mol. The first kappa shape index (κ1) is 23.2. The molecule has 0 saturated carbocycles. The zero-order valence-corrected chi connectivity index (χ0v) is 19.1. The maximum absolute atomic E-state index is 12.8. The van der Waals surface area contributed by atoms with E-state index in [1.165, 1.54) is 4.31 Å². The number of sulfonamides is 1. The van der Waals surface area contributed by atoms with Gasteiger partial charge in [-0.1, -0.05) is 31.2 Å². The standard InChI is InChI=1S/C23H30N2O5S/c1-4-21(20-9-10-22(29-3)17(2)15-20)24-23(26)19-7-5-18(6-8-19)16-31(27,28)25-11-13-30-14-12-25/h5-10,15,21H,4,11-14,16H2,1-3H3,(H,24,26)/t21-/m1/s1. The number of morpholine rings is 1. The summed E-state index contributed by atoms with van der Waals surface area (Å²) >= 11 is 0. The molecule has 1 heterocycles. The molecule has 7 nitrogen and oxygen atoms in total. The fourth-order valence-electron chi connectivity index (χ4n) is 3.66. The number of rotatable bonds is 8. The minimum atomic E-state index is -3.40. The molecule has 2 aromatic carbocycles. The van der Waals surface area contributed by atoms with Gasteiger partial charge in [-0.05, 0) is 48.2 Å². The van der Waals surface area contributed by atoms with E-state index in [9.17, 15) is 13.2 Å². The Balaban J connectivity index is 1.66. The molecule has 0 radical (unpaired) electrons. The zero-order chi connectivity index (χ0) is 22.4. The van der Waals surface area contributed by atoms with Crippen molar-refractivity contribution in [2.75, 3.05) is 33.4 Å². The van der Waals surface area contributed by atoms with Crippen molar-refractivity contribution in [3.8, 4) is 5.75 Å². The fraction of sp³-hybridized carbons (Fsp3) is 0.435. The molecule has 1 atom stereocenters. The Labute approximate surface area is 184 Å². The topological polar surface area (TPSA) is 84.9 Å².